The van der Waals surface area contributed by atoms with E-state index in [1.165, 1.54) is 63.6 Å². The first kappa shape index (κ1) is 29.4. The number of fused-ring (bicyclic) bond motifs is 10. The Labute approximate surface area is 278 Å². The summed E-state index contributed by atoms with van der Waals surface area (Å²) < 4.78 is 8.93. The topological polar surface area (TPSA) is 67.7 Å². The molecular weight excluding hydrogens is 749 g/mol. The molecule has 0 saturated heterocycles. The fourth-order valence-corrected chi connectivity index (χ4v) is 6.54. The van der Waals surface area contributed by atoms with Crippen LogP contribution in [0.25, 0.3) is 82.4 Å². The second-order valence-electron chi connectivity index (χ2n) is 11.3. The molecule has 5 nitrogen and oxygen atoms in total. The van der Waals surface area contributed by atoms with Crippen LogP contribution in [0.2, 0.25) is 0 Å². The molecule has 4 aromatic heterocycles. The number of benzene rings is 5. The Balaban J connectivity index is 0.000000384. The number of aromatic nitrogens is 2. The average Bonchev–Trinajstić information content (AvgIpc) is 3.70. The summed E-state index contributed by atoms with van der Waals surface area (Å²) in [6.45, 7) is 2.85. The van der Waals surface area contributed by atoms with Crippen molar-refractivity contribution in [3.8, 4) is 22.4 Å². The van der Waals surface area contributed by atoms with Gasteiger partial charge in [0.15, 0.2) is 5.78 Å². The first-order valence-electron chi connectivity index (χ1n) is 14.8. The van der Waals surface area contributed by atoms with Gasteiger partial charge in [0.2, 0.25) is 0 Å². The van der Waals surface area contributed by atoms with E-state index in [2.05, 4.69) is 106 Å². The number of pyridine rings is 1. The second-order valence-corrected chi connectivity index (χ2v) is 11.3. The van der Waals surface area contributed by atoms with Crippen molar-refractivity contribution in [2.45, 2.75) is 13.8 Å². The summed E-state index contributed by atoms with van der Waals surface area (Å²) >= 11 is 0. The third-order valence-corrected chi connectivity index (χ3v) is 8.29. The minimum absolute atomic E-state index is 0. The second kappa shape index (κ2) is 11.6. The number of carbonyl (C=O) groups excluding carboxylic acids is 1. The maximum absolute atomic E-state index is 10.0. The van der Waals surface area contributed by atoms with Crippen LogP contribution < -0.4 is 0 Å². The first-order chi connectivity index (χ1) is 22.0. The molecule has 6 heteroatoms. The van der Waals surface area contributed by atoms with Gasteiger partial charge in [-0.2, -0.15) is 0 Å². The van der Waals surface area contributed by atoms with Crippen LogP contribution in [0.15, 0.2) is 132 Å². The van der Waals surface area contributed by atoms with Crippen molar-refractivity contribution in [2.75, 3.05) is 0 Å². The molecule has 0 unspecified atom stereocenters. The Kier molecular flexibility index (Phi) is 7.40. The summed E-state index contributed by atoms with van der Waals surface area (Å²) in [7, 11) is 0. The predicted molar refractivity (Wildman–Crippen MR) is 183 cm³/mol. The Bertz CT molecular complexity index is 2580. The molecule has 0 bridgehead atoms. The van der Waals surface area contributed by atoms with Gasteiger partial charge in [-0.3, -0.25) is 4.79 Å². The van der Waals surface area contributed by atoms with Crippen LogP contribution in [-0.4, -0.2) is 20.3 Å². The standard InChI is InChI=1S/C35H19N2O.C5H8O2.Ir/c1-2-8-21(9-3-1)22-14-16-31-27(18-22)33-32(38-31)20-25-24-10-4-5-12-29(24)37-30-15-13-23(28-11-6-7-17-36-28)19-26(30)34(33)35(25)37;1-4(6)3-5(2)7;/h1-12,14-20H;3,6H,1-2H3;/q-1;;/b;4-3-;. The van der Waals surface area contributed by atoms with Crippen LogP contribution in [-0.2, 0) is 24.9 Å². The molecule has 1 N–H and O–H groups in total. The fraction of sp³-hybridized carbons (Fsp3) is 0.0500. The molecule has 0 aliphatic rings. The number of allylic oxidation sites excluding steroid dienone is 2. The van der Waals surface area contributed by atoms with Crippen LogP contribution in [0, 0.1) is 6.07 Å². The monoisotopic (exact) mass is 776 g/mol. The molecule has 0 aliphatic heterocycles. The molecule has 4 heterocycles. The molecule has 5 aromatic carbocycles. The van der Waals surface area contributed by atoms with Crippen molar-refractivity contribution in [2.24, 2.45) is 0 Å². The Hall–Kier alpha value is -5.29. The van der Waals surface area contributed by atoms with E-state index in [0.29, 0.717) is 0 Å². The van der Waals surface area contributed by atoms with Crippen LogP contribution in [0.5, 0.6) is 0 Å². The van der Waals surface area contributed by atoms with Gasteiger partial charge in [-0.15, -0.1) is 23.8 Å². The Morgan fingerprint density at radius 2 is 1.54 bits per heavy atom. The van der Waals surface area contributed by atoms with Crippen LogP contribution in [0.1, 0.15) is 13.8 Å². The van der Waals surface area contributed by atoms with Crippen molar-refractivity contribution in [3.63, 3.8) is 0 Å². The number of rotatable bonds is 3. The normalized spacial score (nSPS) is 11.8. The number of hydrogen-bond acceptors (Lipinski definition) is 4. The summed E-state index contributed by atoms with van der Waals surface area (Å²) in [4.78, 5) is 14.6. The van der Waals surface area contributed by atoms with Crippen molar-refractivity contribution in [1.82, 2.24) is 9.38 Å². The van der Waals surface area contributed by atoms with Gasteiger partial charge in [0.05, 0.1) is 11.3 Å². The van der Waals surface area contributed by atoms with E-state index in [0.717, 1.165) is 38.7 Å². The van der Waals surface area contributed by atoms with Gasteiger partial charge in [-0.25, -0.2) is 0 Å². The van der Waals surface area contributed by atoms with Crippen LogP contribution in [0.3, 0.4) is 0 Å². The molecule has 1 radical (unpaired) electrons. The van der Waals surface area contributed by atoms with Crippen molar-refractivity contribution >= 4 is 65.8 Å². The van der Waals surface area contributed by atoms with Crippen molar-refractivity contribution < 1.29 is 34.4 Å². The molecular formula is C40H27IrN2O3-. The summed E-state index contributed by atoms with van der Waals surface area (Å²) in [6, 6.07) is 41.8. The zero-order chi connectivity index (χ0) is 30.7. The molecule has 9 aromatic rings. The Morgan fingerprint density at radius 1 is 0.761 bits per heavy atom. The number of ketones is 1. The SMILES string of the molecule is CC(=O)/C=C(/C)O.[Ir].[c-]1cc2c(cc1-c1ccccn1)c1c3c(cc4c5ccccc5n2c41)oc1ccc(-c2ccccc2)cc13. The summed E-state index contributed by atoms with van der Waals surface area (Å²) in [5.41, 5.74) is 9.68. The van der Waals surface area contributed by atoms with Crippen LogP contribution >= 0.6 is 0 Å². The molecule has 0 fully saturated rings. The van der Waals surface area contributed by atoms with Gasteiger partial charge in [0, 0.05) is 64.8 Å². The predicted octanol–water partition coefficient (Wildman–Crippen LogP) is 10.3. The van der Waals surface area contributed by atoms with Gasteiger partial charge in [-0.05, 0) is 66.5 Å². The Morgan fingerprint density at radius 3 is 2.28 bits per heavy atom. The molecule has 225 valence electrons. The van der Waals surface area contributed by atoms with E-state index >= 15 is 0 Å². The fourth-order valence-electron chi connectivity index (χ4n) is 6.54. The van der Waals surface area contributed by atoms with Gasteiger partial charge < -0.3 is 18.9 Å². The van der Waals surface area contributed by atoms with Gasteiger partial charge in [0.25, 0.3) is 0 Å². The zero-order valence-corrected chi connectivity index (χ0v) is 27.4. The molecule has 0 atom stereocenters. The van der Waals surface area contributed by atoms with Gasteiger partial charge in [-0.1, -0.05) is 72.1 Å². The molecule has 0 spiro atoms. The van der Waals surface area contributed by atoms with E-state index in [9.17, 15) is 4.79 Å². The van der Waals surface area contributed by atoms with E-state index in [1.54, 1.807) is 0 Å². The first-order valence-corrected chi connectivity index (χ1v) is 14.8. The minimum Gasteiger partial charge on any atom is -0.512 e. The molecule has 0 amide bonds. The third kappa shape index (κ3) is 4.74. The van der Waals surface area contributed by atoms with Crippen LogP contribution in [0.4, 0.5) is 0 Å². The third-order valence-electron chi connectivity index (χ3n) is 8.29. The number of nitrogens with zero attached hydrogens (tertiary/aromatic N) is 2. The molecule has 0 aliphatic carbocycles. The molecule has 46 heavy (non-hydrogen) atoms. The van der Waals surface area contributed by atoms with Gasteiger partial charge in [0.1, 0.15) is 11.2 Å². The summed E-state index contributed by atoms with van der Waals surface area (Å²) in [5, 5.41) is 15.5. The quantitative estimate of drug-likeness (QED) is 0.110. The largest absolute Gasteiger partial charge is 0.512 e. The number of aliphatic hydroxyl groups excluding tert-OH is 1. The van der Waals surface area contributed by atoms with E-state index in [4.69, 9.17) is 9.52 Å². The maximum Gasteiger partial charge on any atom is 0.155 e. The number of carbonyl (C=O) groups is 1. The van der Waals surface area contributed by atoms with Gasteiger partial charge >= 0.3 is 0 Å². The number of para-hydroxylation sites is 1. The average molecular weight is 776 g/mol. The maximum atomic E-state index is 10.0. The smallest absolute Gasteiger partial charge is 0.155 e. The number of furan rings is 1. The number of aliphatic hydroxyl groups is 1. The van der Waals surface area contributed by atoms with E-state index < -0.39 is 0 Å². The molecule has 0 saturated carbocycles. The summed E-state index contributed by atoms with van der Waals surface area (Å²) in [6.07, 6.45) is 3.00. The van der Waals surface area contributed by atoms with E-state index in [-0.39, 0.29) is 31.6 Å². The van der Waals surface area contributed by atoms with Crippen molar-refractivity contribution in [1.29, 1.82) is 0 Å². The molecule has 9 rings (SSSR count). The van der Waals surface area contributed by atoms with E-state index in [1.807, 2.05) is 24.4 Å². The summed E-state index contributed by atoms with van der Waals surface area (Å²) in [5.74, 6) is -0.0625. The van der Waals surface area contributed by atoms with Crippen molar-refractivity contribution in [3.05, 3.63) is 133 Å². The number of hydrogen-bond donors (Lipinski definition) is 1. The zero-order valence-electron chi connectivity index (χ0n) is 25.0. The minimum atomic E-state index is -0.125.